The standard InChI is InChI=1S/C19H16ClN5O/c1-26-10-5-6-13-15(7-10)25-16-8-14(19(25)24-13)23-18(22-9-21)11-3-2-4-12(20)17(11)16/h2-7,9,14,16H,8H2,1H3,(H2,21,22,23). The average Bonchev–Trinajstić information content (AvgIpc) is 3.12. The molecule has 6 nitrogen and oxygen atoms in total. The van der Waals surface area contributed by atoms with Gasteiger partial charge in [0.25, 0.3) is 0 Å². The number of benzene rings is 2. The largest absolute Gasteiger partial charge is 0.497 e. The normalized spacial score (nSPS) is 20.8. The number of amidine groups is 1. The molecule has 2 aliphatic rings. The van der Waals surface area contributed by atoms with Crippen LogP contribution in [-0.2, 0) is 0 Å². The van der Waals surface area contributed by atoms with Crippen molar-refractivity contribution in [2.24, 2.45) is 15.7 Å². The Balaban J connectivity index is 1.84. The number of aromatic nitrogens is 2. The molecule has 2 aliphatic heterocycles. The fraction of sp³-hybridized carbons (Fsp3) is 0.211. The van der Waals surface area contributed by atoms with E-state index in [1.807, 2.05) is 36.4 Å². The van der Waals surface area contributed by atoms with Gasteiger partial charge in [-0.25, -0.2) is 9.98 Å². The number of hydrogen-bond donors (Lipinski definition) is 1. The molecule has 26 heavy (non-hydrogen) atoms. The molecule has 2 aromatic carbocycles. The van der Waals surface area contributed by atoms with E-state index < -0.39 is 0 Å². The second-order valence-electron chi connectivity index (χ2n) is 6.39. The first kappa shape index (κ1) is 15.4. The van der Waals surface area contributed by atoms with Crippen LogP contribution >= 0.6 is 11.6 Å². The van der Waals surface area contributed by atoms with Crippen molar-refractivity contribution < 1.29 is 4.74 Å². The summed E-state index contributed by atoms with van der Waals surface area (Å²) in [7, 11) is 1.67. The number of rotatable bonds is 1. The van der Waals surface area contributed by atoms with Crippen molar-refractivity contribution in [2.45, 2.75) is 18.5 Å². The van der Waals surface area contributed by atoms with Gasteiger partial charge in [0, 0.05) is 28.6 Å². The summed E-state index contributed by atoms with van der Waals surface area (Å²) >= 11 is 6.62. The Morgan fingerprint density at radius 2 is 2.23 bits per heavy atom. The van der Waals surface area contributed by atoms with Gasteiger partial charge in [0.2, 0.25) is 0 Å². The Morgan fingerprint density at radius 3 is 3.04 bits per heavy atom. The Labute approximate surface area is 155 Å². The van der Waals surface area contributed by atoms with Gasteiger partial charge in [-0.2, -0.15) is 0 Å². The van der Waals surface area contributed by atoms with Crippen LogP contribution in [0.1, 0.15) is 35.5 Å². The number of fused-ring (bicyclic) bond motifs is 9. The molecule has 0 fully saturated rings. The highest BCUT2D eigenvalue weighted by atomic mass is 35.5. The van der Waals surface area contributed by atoms with Crippen LogP contribution in [0.3, 0.4) is 0 Å². The molecule has 0 saturated heterocycles. The minimum Gasteiger partial charge on any atom is -0.497 e. The molecule has 5 rings (SSSR count). The second kappa shape index (κ2) is 5.57. The fourth-order valence-corrected chi connectivity index (χ4v) is 4.32. The number of halogens is 1. The number of ether oxygens (including phenoxy) is 1. The molecule has 1 aromatic heterocycles. The van der Waals surface area contributed by atoms with Crippen LogP contribution in [0.2, 0.25) is 5.02 Å². The second-order valence-corrected chi connectivity index (χ2v) is 6.80. The molecule has 0 amide bonds. The van der Waals surface area contributed by atoms with Crippen molar-refractivity contribution in [3.63, 3.8) is 0 Å². The predicted molar refractivity (Wildman–Crippen MR) is 102 cm³/mol. The zero-order valence-electron chi connectivity index (χ0n) is 14.1. The van der Waals surface area contributed by atoms with Crippen LogP contribution in [0.4, 0.5) is 0 Å². The summed E-state index contributed by atoms with van der Waals surface area (Å²) in [6.07, 6.45) is 2.08. The lowest BCUT2D eigenvalue weighted by Crippen LogP contribution is -2.13. The third kappa shape index (κ3) is 2.02. The van der Waals surface area contributed by atoms with Crippen molar-refractivity contribution in [3.05, 3.63) is 58.4 Å². The summed E-state index contributed by atoms with van der Waals surface area (Å²) in [4.78, 5) is 14.0. The quantitative estimate of drug-likeness (QED) is 0.529. The summed E-state index contributed by atoms with van der Waals surface area (Å²) < 4.78 is 7.64. The minimum absolute atomic E-state index is 0.0463. The van der Waals surface area contributed by atoms with E-state index in [0.717, 1.165) is 40.2 Å². The number of methoxy groups -OCH3 is 1. The molecule has 0 radical (unpaired) electrons. The van der Waals surface area contributed by atoms with Crippen molar-refractivity contribution in [1.29, 1.82) is 0 Å². The molecule has 130 valence electrons. The molecule has 0 saturated carbocycles. The van der Waals surface area contributed by atoms with E-state index in [1.54, 1.807) is 7.11 Å². The van der Waals surface area contributed by atoms with Gasteiger partial charge in [0.05, 0.1) is 30.5 Å². The van der Waals surface area contributed by atoms with Crippen LogP contribution in [0.25, 0.3) is 11.0 Å². The first-order valence-corrected chi connectivity index (χ1v) is 8.75. The summed E-state index contributed by atoms with van der Waals surface area (Å²) in [5, 5.41) is 0.700. The van der Waals surface area contributed by atoms with E-state index in [2.05, 4.69) is 9.56 Å². The highest BCUT2D eigenvalue weighted by Gasteiger charge is 2.40. The number of nitrogens with two attached hydrogens (primary N) is 1. The zero-order chi connectivity index (χ0) is 17.8. The molecular weight excluding hydrogens is 350 g/mol. The molecule has 2 unspecified atom stereocenters. The van der Waals surface area contributed by atoms with Gasteiger partial charge in [0.15, 0.2) is 5.84 Å². The number of imidazole rings is 1. The van der Waals surface area contributed by atoms with Crippen LogP contribution in [0, 0.1) is 0 Å². The topological polar surface area (TPSA) is 77.8 Å². The first-order chi connectivity index (χ1) is 12.7. The molecule has 2 N–H and O–H groups in total. The average molecular weight is 366 g/mol. The molecule has 2 atom stereocenters. The lowest BCUT2D eigenvalue weighted by Gasteiger charge is -2.19. The molecule has 0 spiro atoms. The van der Waals surface area contributed by atoms with E-state index >= 15 is 0 Å². The third-order valence-electron chi connectivity index (χ3n) is 5.08. The molecular formula is C19H16ClN5O. The maximum absolute atomic E-state index is 6.62. The Kier molecular flexibility index (Phi) is 3.30. The Hall–Kier alpha value is -2.86. The van der Waals surface area contributed by atoms with Crippen LogP contribution in [0.5, 0.6) is 5.75 Å². The van der Waals surface area contributed by atoms with Gasteiger partial charge >= 0.3 is 0 Å². The highest BCUT2D eigenvalue weighted by molar-refractivity contribution is 6.32. The number of hydrogen-bond acceptors (Lipinski definition) is 4. The summed E-state index contributed by atoms with van der Waals surface area (Å²) in [5.74, 6) is 2.33. The summed E-state index contributed by atoms with van der Waals surface area (Å²) in [6, 6.07) is 11.7. The van der Waals surface area contributed by atoms with E-state index in [-0.39, 0.29) is 12.1 Å². The summed E-state index contributed by atoms with van der Waals surface area (Å²) in [6.45, 7) is 0. The van der Waals surface area contributed by atoms with E-state index in [4.69, 9.17) is 32.0 Å². The smallest absolute Gasteiger partial charge is 0.157 e. The van der Waals surface area contributed by atoms with E-state index in [1.165, 1.54) is 6.34 Å². The zero-order valence-corrected chi connectivity index (χ0v) is 14.8. The van der Waals surface area contributed by atoms with Crippen LogP contribution < -0.4 is 10.5 Å². The SMILES string of the molecule is COc1ccc2nc3n(c2c1)C1CC3N=C(N=CN)c2cccc(Cl)c21. The number of aliphatic imine (C=N–C) groups is 2. The molecule has 7 heteroatoms. The highest BCUT2D eigenvalue weighted by Crippen LogP contribution is 2.48. The van der Waals surface area contributed by atoms with Crippen LogP contribution in [0.15, 0.2) is 46.4 Å². The van der Waals surface area contributed by atoms with E-state index in [0.29, 0.717) is 10.9 Å². The van der Waals surface area contributed by atoms with Crippen molar-refractivity contribution in [3.8, 4) is 5.75 Å². The maximum Gasteiger partial charge on any atom is 0.157 e. The molecule has 3 heterocycles. The van der Waals surface area contributed by atoms with E-state index in [9.17, 15) is 0 Å². The molecule has 3 aromatic rings. The Bertz CT molecular complexity index is 1100. The van der Waals surface area contributed by atoms with Gasteiger partial charge in [-0.15, -0.1) is 0 Å². The summed E-state index contributed by atoms with van der Waals surface area (Å²) in [5.41, 5.74) is 9.43. The van der Waals surface area contributed by atoms with Crippen molar-refractivity contribution >= 4 is 34.8 Å². The van der Waals surface area contributed by atoms with Gasteiger partial charge in [-0.3, -0.25) is 4.99 Å². The molecule has 0 aliphatic carbocycles. The monoisotopic (exact) mass is 365 g/mol. The minimum atomic E-state index is -0.0828. The maximum atomic E-state index is 6.62. The van der Waals surface area contributed by atoms with Gasteiger partial charge in [0.1, 0.15) is 17.6 Å². The first-order valence-electron chi connectivity index (χ1n) is 8.38. The van der Waals surface area contributed by atoms with Crippen molar-refractivity contribution in [2.75, 3.05) is 7.11 Å². The molecule has 2 bridgehead atoms. The number of nitrogens with zero attached hydrogens (tertiary/aromatic N) is 4. The van der Waals surface area contributed by atoms with Crippen molar-refractivity contribution in [1.82, 2.24) is 9.55 Å². The van der Waals surface area contributed by atoms with Gasteiger partial charge < -0.3 is 15.0 Å². The lowest BCUT2D eigenvalue weighted by molar-refractivity contribution is 0.415. The lowest BCUT2D eigenvalue weighted by atomic mass is 9.98. The van der Waals surface area contributed by atoms with Crippen LogP contribution in [-0.4, -0.2) is 28.8 Å². The Morgan fingerprint density at radius 1 is 1.35 bits per heavy atom. The predicted octanol–water partition coefficient (Wildman–Crippen LogP) is 3.48. The van der Waals surface area contributed by atoms with Gasteiger partial charge in [-0.05, 0) is 18.2 Å². The fourth-order valence-electron chi connectivity index (χ4n) is 4.02. The van der Waals surface area contributed by atoms with Gasteiger partial charge in [-0.1, -0.05) is 23.7 Å². The third-order valence-corrected chi connectivity index (χ3v) is 5.41.